The second-order valence-corrected chi connectivity index (χ2v) is 5.99. The van der Waals surface area contributed by atoms with Crippen LogP contribution in [0.5, 0.6) is 0 Å². The van der Waals surface area contributed by atoms with Gasteiger partial charge >= 0.3 is 0 Å². The molecule has 0 N–H and O–H groups in total. The average Bonchev–Trinajstić information content (AvgIpc) is 2.56. The lowest BCUT2D eigenvalue weighted by Crippen LogP contribution is -2.38. The monoisotopic (exact) mass is 237 g/mol. The van der Waals surface area contributed by atoms with Gasteiger partial charge in [0.1, 0.15) is 5.78 Å². The van der Waals surface area contributed by atoms with Crippen molar-refractivity contribution in [1.29, 1.82) is 0 Å². The lowest BCUT2D eigenvalue weighted by Gasteiger charge is -2.33. The Morgan fingerprint density at radius 2 is 1.65 bits per heavy atom. The molecule has 1 unspecified atom stereocenters. The summed E-state index contributed by atoms with van der Waals surface area (Å²) in [6.07, 6.45) is 12.5. The van der Waals surface area contributed by atoms with E-state index in [4.69, 9.17) is 0 Å². The van der Waals surface area contributed by atoms with Gasteiger partial charge in [-0.25, -0.2) is 0 Å². The largest absolute Gasteiger partial charge is 0.303 e. The number of hydrogen-bond acceptors (Lipinski definition) is 2. The fourth-order valence-corrected chi connectivity index (χ4v) is 3.44. The van der Waals surface area contributed by atoms with Crippen LogP contribution in [0.3, 0.4) is 0 Å². The molecule has 2 saturated carbocycles. The highest BCUT2D eigenvalue weighted by atomic mass is 16.1. The fourth-order valence-electron chi connectivity index (χ4n) is 3.44. The van der Waals surface area contributed by atoms with E-state index >= 15 is 0 Å². The van der Waals surface area contributed by atoms with Crippen molar-refractivity contribution in [1.82, 2.24) is 4.90 Å². The molecule has 0 aromatic carbocycles. The predicted molar refractivity (Wildman–Crippen MR) is 71.1 cm³/mol. The third kappa shape index (κ3) is 3.80. The van der Waals surface area contributed by atoms with Crippen molar-refractivity contribution < 1.29 is 4.79 Å². The summed E-state index contributed by atoms with van der Waals surface area (Å²) >= 11 is 0. The number of carbonyl (C=O) groups is 1. The van der Waals surface area contributed by atoms with Gasteiger partial charge < -0.3 is 4.90 Å². The zero-order chi connectivity index (χ0) is 12.1. The average molecular weight is 237 g/mol. The molecular weight excluding hydrogens is 210 g/mol. The van der Waals surface area contributed by atoms with Gasteiger partial charge in [-0.05, 0) is 32.7 Å². The minimum absolute atomic E-state index is 0.337. The summed E-state index contributed by atoms with van der Waals surface area (Å²) < 4.78 is 0. The summed E-state index contributed by atoms with van der Waals surface area (Å²) in [4.78, 5) is 14.5. The molecule has 1 atom stereocenters. The van der Waals surface area contributed by atoms with Gasteiger partial charge in [-0.3, -0.25) is 4.79 Å². The number of carbonyl (C=O) groups excluding carboxylic acids is 1. The van der Waals surface area contributed by atoms with Crippen LogP contribution in [-0.4, -0.2) is 30.3 Å². The van der Waals surface area contributed by atoms with Crippen LogP contribution in [0, 0.1) is 5.92 Å². The molecule has 2 nitrogen and oxygen atoms in total. The van der Waals surface area contributed by atoms with E-state index in [0.717, 1.165) is 31.8 Å². The van der Waals surface area contributed by atoms with Crippen LogP contribution < -0.4 is 0 Å². The Labute approximate surface area is 106 Å². The maximum atomic E-state index is 12.0. The minimum Gasteiger partial charge on any atom is -0.303 e. The van der Waals surface area contributed by atoms with Crippen molar-refractivity contribution in [2.45, 2.75) is 70.3 Å². The molecule has 98 valence electrons. The summed E-state index contributed by atoms with van der Waals surface area (Å²) in [5.41, 5.74) is 0. The second kappa shape index (κ2) is 6.53. The summed E-state index contributed by atoms with van der Waals surface area (Å²) in [5.74, 6) is 0.870. The Balaban J connectivity index is 1.83. The number of nitrogens with zero attached hydrogens (tertiary/aromatic N) is 1. The first-order chi connectivity index (χ1) is 8.27. The highest BCUT2D eigenvalue weighted by molar-refractivity contribution is 5.81. The zero-order valence-electron chi connectivity index (χ0n) is 11.3. The Morgan fingerprint density at radius 3 is 2.41 bits per heavy atom. The van der Waals surface area contributed by atoms with Crippen LogP contribution in [0.2, 0.25) is 0 Å². The van der Waals surface area contributed by atoms with Crippen molar-refractivity contribution in [3.8, 4) is 0 Å². The van der Waals surface area contributed by atoms with E-state index in [0.29, 0.717) is 11.7 Å². The smallest absolute Gasteiger partial charge is 0.137 e. The molecule has 0 radical (unpaired) electrons. The molecule has 2 fully saturated rings. The van der Waals surface area contributed by atoms with Gasteiger partial charge in [0.15, 0.2) is 0 Å². The molecule has 2 aliphatic rings. The predicted octanol–water partition coefficient (Wildman–Crippen LogP) is 3.40. The molecule has 2 rings (SSSR count). The standard InChI is InChI=1S/C15H27NO/c1-16(14-9-5-3-6-10-14)12-13-8-4-2-7-11-15(13)17/h13-14H,2-12H2,1H3. The van der Waals surface area contributed by atoms with Gasteiger partial charge in [-0.1, -0.05) is 32.1 Å². The minimum atomic E-state index is 0.337. The molecule has 0 heterocycles. The van der Waals surface area contributed by atoms with Crippen LogP contribution in [0.25, 0.3) is 0 Å². The topological polar surface area (TPSA) is 20.3 Å². The van der Waals surface area contributed by atoms with Gasteiger partial charge in [-0.2, -0.15) is 0 Å². The van der Waals surface area contributed by atoms with E-state index in [1.165, 1.54) is 44.9 Å². The van der Waals surface area contributed by atoms with Crippen LogP contribution in [-0.2, 0) is 4.79 Å². The molecule has 0 amide bonds. The highest BCUT2D eigenvalue weighted by Crippen LogP contribution is 2.25. The van der Waals surface area contributed by atoms with E-state index in [2.05, 4.69) is 11.9 Å². The lowest BCUT2D eigenvalue weighted by molar-refractivity contribution is -0.123. The first-order valence-electron chi connectivity index (χ1n) is 7.50. The van der Waals surface area contributed by atoms with E-state index in [1.54, 1.807) is 0 Å². The summed E-state index contributed by atoms with van der Waals surface area (Å²) in [6.45, 7) is 1.02. The van der Waals surface area contributed by atoms with E-state index in [-0.39, 0.29) is 0 Å². The van der Waals surface area contributed by atoms with Gasteiger partial charge in [0, 0.05) is 24.9 Å². The lowest BCUT2D eigenvalue weighted by atomic mass is 9.92. The molecule has 17 heavy (non-hydrogen) atoms. The van der Waals surface area contributed by atoms with E-state index in [1.807, 2.05) is 0 Å². The molecule has 2 aliphatic carbocycles. The van der Waals surface area contributed by atoms with Gasteiger partial charge in [-0.15, -0.1) is 0 Å². The van der Waals surface area contributed by atoms with Crippen LogP contribution in [0.1, 0.15) is 64.2 Å². The highest BCUT2D eigenvalue weighted by Gasteiger charge is 2.25. The van der Waals surface area contributed by atoms with Crippen molar-refractivity contribution >= 4 is 5.78 Å². The second-order valence-electron chi connectivity index (χ2n) is 5.99. The normalized spacial score (nSPS) is 28.4. The van der Waals surface area contributed by atoms with Crippen LogP contribution in [0.4, 0.5) is 0 Å². The molecule has 0 bridgehead atoms. The zero-order valence-corrected chi connectivity index (χ0v) is 11.3. The van der Waals surface area contributed by atoms with Crippen molar-refractivity contribution in [2.75, 3.05) is 13.6 Å². The van der Waals surface area contributed by atoms with Gasteiger partial charge in [0.05, 0.1) is 0 Å². The van der Waals surface area contributed by atoms with Crippen molar-refractivity contribution in [3.05, 3.63) is 0 Å². The molecule has 0 aromatic heterocycles. The number of Topliss-reactive ketones (excluding diaryl/α,β-unsaturated/α-hetero) is 1. The number of rotatable bonds is 3. The first-order valence-corrected chi connectivity index (χ1v) is 7.50. The Hall–Kier alpha value is -0.370. The van der Waals surface area contributed by atoms with Crippen LogP contribution in [0.15, 0.2) is 0 Å². The molecule has 0 aromatic rings. The first kappa shape index (κ1) is 13.1. The van der Waals surface area contributed by atoms with Gasteiger partial charge in [0.2, 0.25) is 0 Å². The third-order valence-corrected chi connectivity index (χ3v) is 4.64. The van der Waals surface area contributed by atoms with Crippen LogP contribution >= 0.6 is 0 Å². The maximum Gasteiger partial charge on any atom is 0.137 e. The van der Waals surface area contributed by atoms with E-state index in [9.17, 15) is 4.79 Å². The summed E-state index contributed by atoms with van der Waals surface area (Å²) in [6, 6.07) is 0.750. The molecule has 0 saturated heterocycles. The Morgan fingerprint density at radius 1 is 1.00 bits per heavy atom. The third-order valence-electron chi connectivity index (χ3n) is 4.64. The van der Waals surface area contributed by atoms with Crippen molar-refractivity contribution in [2.24, 2.45) is 5.92 Å². The SMILES string of the molecule is CN(CC1CCCCCC1=O)C1CCCCC1. The Kier molecular flexibility index (Phi) is 5.02. The number of hydrogen-bond donors (Lipinski definition) is 0. The molecular formula is C15H27NO. The number of ketones is 1. The summed E-state index contributed by atoms with van der Waals surface area (Å²) in [7, 11) is 2.23. The fraction of sp³-hybridized carbons (Fsp3) is 0.933. The molecule has 0 spiro atoms. The van der Waals surface area contributed by atoms with Crippen molar-refractivity contribution in [3.63, 3.8) is 0 Å². The molecule has 0 aliphatic heterocycles. The quantitative estimate of drug-likeness (QED) is 0.701. The maximum absolute atomic E-state index is 12.0. The Bertz CT molecular complexity index is 245. The molecule has 2 heteroatoms. The van der Waals surface area contributed by atoms with Gasteiger partial charge in [0.25, 0.3) is 0 Å². The summed E-state index contributed by atoms with van der Waals surface area (Å²) in [5, 5.41) is 0. The van der Waals surface area contributed by atoms with E-state index < -0.39 is 0 Å².